The Morgan fingerprint density at radius 2 is 1.81 bits per heavy atom. The molecule has 4 nitrogen and oxygen atoms in total. The standard InChI is InChI=1S/C12H12N2O2/c13-10-4-2-1-3-7(10)6-14-11(15)8-5-9(8)12(14)16/h1-4,8-9H,5-6,13H2. The van der Waals surface area contributed by atoms with E-state index in [1.807, 2.05) is 18.2 Å². The van der Waals surface area contributed by atoms with Gasteiger partial charge in [0.2, 0.25) is 11.8 Å². The molecule has 1 saturated carbocycles. The number of anilines is 1. The molecule has 2 N–H and O–H groups in total. The molecule has 3 rings (SSSR count). The van der Waals surface area contributed by atoms with Gasteiger partial charge in [-0.1, -0.05) is 18.2 Å². The lowest BCUT2D eigenvalue weighted by molar-refractivity contribution is -0.142. The van der Waals surface area contributed by atoms with Crippen LogP contribution in [0.15, 0.2) is 24.3 Å². The smallest absolute Gasteiger partial charge is 0.233 e. The monoisotopic (exact) mass is 216 g/mol. The van der Waals surface area contributed by atoms with Crippen LogP contribution in [0.2, 0.25) is 0 Å². The average molecular weight is 216 g/mol. The molecule has 2 amide bonds. The zero-order valence-electron chi connectivity index (χ0n) is 8.72. The third-order valence-electron chi connectivity index (χ3n) is 3.34. The van der Waals surface area contributed by atoms with E-state index in [2.05, 4.69) is 0 Å². The van der Waals surface area contributed by atoms with E-state index >= 15 is 0 Å². The van der Waals surface area contributed by atoms with Crippen molar-refractivity contribution in [3.8, 4) is 0 Å². The summed E-state index contributed by atoms with van der Waals surface area (Å²) in [5, 5.41) is 0. The number of fused-ring (bicyclic) bond motifs is 1. The third-order valence-corrected chi connectivity index (χ3v) is 3.34. The summed E-state index contributed by atoms with van der Waals surface area (Å²) in [5.41, 5.74) is 7.25. The number of nitrogens with two attached hydrogens (primary N) is 1. The van der Waals surface area contributed by atoms with E-state index in [0.29, 0.717) is 12.2 Å². The number of hydrogen-bond donors (Lipinski definition) is 1. The minimum Gasteiger partial charge on any atom is -0.398 e. The second kappa shape index (κ2) is 3.07. The van der Waals surface area contributed by atoms with E-state index in [4.69, 9.17) is 5.73 Å². The van der Waals surface area contributed by atoms with Gasteiger partial charge in [-0.25, -0.2) is 0 Å². The lowest BCUT2D eigenvalue weighted by Gasteiger charge is -2.17. The van der Waals surface area contributed by atoms with Gasteiger partial charge in [0.05, 0.1) is 18.4 Å². The molecule has 0 spiro atoms. The molecule has 0 radical (unpaired) electrons. The highest BCUT2D eigenvalue weighted by atomic mass is 16.2. The molecule has 2 atom stereocenters. The second-order valence-electron chi connectivity index (χ2n) is 4.41. The van der Waals surface area contributed by atoms with Gasteiger partial charge in [-0.2, -0.15) is 0 Å². The molecule has 1 aliphatic heterocycles. The Morgan fingerprint density at radius 3 is 2.44 bits per heavy atom. The minimum absolute atomic E-state index is 0.0294. The van der Waals surface area contributed by atoms with Gasteiger partial charge in [-0.3, -0.25) is 14.5 Å². The normalized spacial score (nSPS) is 27.1. The topological polar surface area (TPSA) is 63.4 Å². The van der Waals surface area contributed by atoms with Crippen LogP contribution in [-0.2, 0) is 16.1 Å². The summed E-state index contributed by atoms with van der Waals surface area (Å²) in [6.45, 7) is 0.317. The first-order valence-corrected chi connectivity index (χ1v) is 5.37. The summed E-state index contributed by atoms with van der Waals surface area (Å²) in [7, 11) is 0. The quantitative estimate of drug-likeness (QED) is 0.586. The molecule has 1 aliphatic carbocycles. The Morgan fingerprint density at radius 1 is 1.19 bits per heavy atom. The number of amides is 2. The van der Waals surface area contributed by atoms with Crippen molar-refractivity contribution in [2.75, 3.05) is 5.73 Å². The highest BCUT2D eigenvalue weighted by Gasteiger charge is 2.58. The van der Waals surface area contributed by atoms with E-state index in [-0.39, 0.29) is 23.7 Å². The maximum atomic E-state index is 11.7. The number of carbonyl (C=O) groups excluding carboxylic acids is 2. The molecule has 4 heteroatoms. The summed E-state index contributed by atoms with van der Waals surface area (Å²) in [6.07, 6.45) is 0.748. The number of piperidine rings is 1. The SMILES string of the molecule is Nc1ccccc1CN1C(=O)C2CC2C1=O. The molecule has 2 unspecified atom stereocenters. The summed E-state index contributed by atoms with van der Waals surface area (Å²) >= 11 is 0. The first kappa shape index (κ1) is 9.39. The van der Waals surface area contributed by atoms with Crippen LogP contribution in [0, 0.1) is 11.8 Å². The van der Waals surface area contributed by atoms with Crippen molar-refractivity contribution in [3.05, 3.63) is 29.8 Å². The minimum atomic E-state index is -0.0302. The summed E-state index contributed by atoms with van der Waals surface area (Å²) < 4.78 is 0. The van der Waals surface area contributed by atoms with Crippen molar-refractivity contribution in [1.82, 2.24) is 4.90 Å². The molecular weight excluding hydrogens is 204 g/mol. The predicted molar refractivity (Wildman–Crippen MR) is 58.0 cm³/mol. The number of hydrogen-bond acceptors (Lipinski definition) is 3. The Labute approximate surface area is 93.0 Å². The summed E-state index contributed by atoms with van der Waals surface area (Å²) in [6, 6.07) is 7.32. The summed E-state index contributed by atoms with van der Waals surface area (Å²) in [5.74, 6) is -0.119. The number of benzene rings is 1. The van der Waals surface area contributed by atoms with Crippen LogP contribution in [0.3, 0.4) is 0 Å². The number of nitrogens with zero attached hydrogens (tertiary/aromatic N) is 1. The molecule has 82 valence electrons. The van der Waals surface area contributed by atoms with Crippen LogP contribution in [-0.4, -0.2) is 16.7 Å². The maximum Gasteiger partial charge on any atom is 0.233 e. The van der Waals surface area contributed by atoms with Crippen molar-refractivity contribution in [2.24, 2.45) is 11.8 Å². The van der Waals surface area contributed by atoms with Gasteiger partial charge in [0.15, 0.2) is 0 Å². The molecule has 1 aromatic rings. The maximum absolute atomic E-state index is 11.7. The summed E-state index contributed by atoms with van der Waals surface area (Å²) in [4.78, 5) is 24.8. The van der Waals surface area contributed by atoms with E-state index in [0.717, 1.165) is 12.0 Å². The fourth-order valence-electron chi connectivity index (χ4n) is 2.25. The van der Waals surface area contributed by atoms with E-state index < -0.39 is 0 Å². The van der Waals surface area contributed by atoms with E-state index in [1.54, 1.807) is 6.07 Å². The molecule has 1 heterocycles. The van der Waals surface area contributed by atoms with Crippen LogP contribution in [0.4, 0.5) is 5.69 Å². The fourth-order valence-corrected chi connectivity index (χ4v) is 2.25. The number of imide groups is 1. The van der Waals surface area contributed by atoms with Crippen LogP contribution >= 0.6 is 0 Å². The Balaban J connectivity index is 1.83. The van der Waals surface area contributed by atoms with Crippen molar-refractivity contribution in [3.63, 3.8) is 0 Å². The van der Waals surface area contributed by atoms with Crippen molar-refractivity contribution in [1.29, 1.82) is 0 Å². The molecule has 16 heavy (non-hydrogen) atoms. The van der Waals surface area contributed by atoms with Crippen LogP contribution in [0.25, 0.3) is 0 Å². The van der Waals surface area contributed by atoms with Gasteiger partial charge < -0.3 is 5.73 Å². The predicted octanol–water partition coefficient (Wildman–Crippen LogP) is 0.774. The lowest BCUT2D eigenvalue weighted by atomic mass is 10.1. The van der Waals surface area contributed by atoms with Crippen molar-refractivity contribution in [2.45, 2.75) is 13.0 Å². The highest BCUT2D eigenvalue weighted by Crippen LogP contribution is 2.47. The zero-order valence-corrected chi connectivity index (χ0v) is 8.72. The molecular formula is C12H12N2O2. The molecule has 2 fully saturated rings. The molecule has 0 aromatic heterocycles. The molecule has 0 bridgehead atoms. The van der Waals surface area contributed by atoms with Crippen LogP contribution < -0.4 is 5.73 Å². The number of rotatable bonds is 2. The average Bonchev–Trinajstić information content (AvgIpc) is 3.02. The fraction of sp³-hybridized carbons (Fsp3) is 0.333. The third kappa shape index (κ3) is 1.23. The van der Waals surface area contributed by atoms with Gasteiger partial charge in [0, 0.05) is 5.69 Å². The Bertz CT molecular complexity index is 464. The van der Waals surface area contributed by atoms with Crippen molar-refractivity contribution < 1.29 is 9.59 Å². The largest absolute Gasteiger partial charge is 0.398 e. The van der Waals surface area contributed by atoms with E-state index in [9.17, 15) is 9.59 Å². The van der Waals surface area contributed by atoms with Gasteiger partial charge in [0.25, 0.3) is 0 Å². The van der Waals surface area contributed by atoms with Crippen LogP contribution in [0.5, 0.6) is 0 Å². The number of para-hydroxylation sites is 1. The van der Waals surface area contributed by atoms with Gasteiger partial charge in [-0.05, 0) is 18.1 Å². The number of carbonyl (C=O) groups is 2. The molecule has 1 saturated heterocycles. The molecule has 1 aromatic carbocycles. The van der Waals surface area contributed by atoms with Crippen molar-refractivity contribution >= 4 is 17.5 Å². The number of likely N-dealkylation sites (tertiary alicyclic amines) is 1. The zero-order chi connectivity index (χ0) is 11.3. The van der Waals surface area contributed by atoms with E-state index in [1.165, 1.54) is 4.90 Å². The van der Waals surface area contributed by atoms with Gasteiger partial charge in [0.1, 0.15) is 0 Å². The van der Waals surface area contributed by atoms with Crippen LogP contribution in [0.1, 0.15) is 12.0 Å². The number of nitrogen functional groups attached to an aromatic ring is 1. The first-order valence-electron chi connectivity index (χ1n) is 5.37. The van der Waals surface area contributed by atoms with Gasteiger partial charge in [-0.15, -0.1) is 0 Å². The first-order chi connectivity index (χ1) is 7.68. The highest BCUT2D eigenvalue weighted by molar-refractivity contribution is 6.08. The van der Waals surface area contributed by atoms with Gasteiger partial charge >= 0.3 is 0 Å². The molecule has 2 aliphatic rings. The Hall–Kier alpha value is -1.84. The second-order valence-corrected chi connectivity index (χ2v) is 4.41. The lowest BCUT2D eigenvalue weighted by Crippen LogP contribution is -2.32. The Kier molecular flexibility index (Phi) is 1.80.